The number of aromatic amines is 1. The average Bonchev–Trinajstić information content (AvgIpc) is 2.70. The summed E-state index contributed by atoms with van der Waals surface area (Å²) in [7, 11) is 0. The molecule has 0 saturated carbocycles. The lowest BCUT2D eigenvalue weighted by atomic mass is 10.2. The number of hydrogen-bond acceptors (Lipinski definition) is 4. The fraction of sp³-hybridized carbons (Fsp3) is 0.182. The minimum atomic E-state index is 0.618. The summed E-state index contributed by atoms with van der Waals surface area (Å²) < 4.78 is 0. The van der Waals surface area contributed by atoms with Gasteiger partial charge in [0, 0.05) is 23.0 Å². The van der Waals surface area contributed by atoms with E-state index in [9.17, 15) is 0 Å². The Morgan fingerprint density at radius 3 is 2.88 bits per heavy atom. The van der Waals surface area contributed by atoms with E-state index in [4.69, 9.17) is 5.26 Å². The van der Waals surface area contributed by atoms with Crippen molar-refractivity contribution >= 4 is 11.8 Å². The number of nitriles is 1. The first-order valence-corrected chi connectivity index (χ1v) is 5.58. The Kier molecular flexibility index (Phi) is 2.93. The van der Waals surface area contributed by atoms with Crippen LogP contribution in [0.4, 0.5) is 0 Å². The predicted octanol–water partition coefficient (Wildman–Crippen LogP) is 2.44. The van der Waals surface area contributed by atoms with E-state index in [0.717, 1.165) is 21.4 Å². The molecule has 5 heteroatoms. The van der Waals surface area contributed by atoms with Gasteiger partial charge >= 0.3 is 0 Å². The normalized spacial score (nSPS) is 10.1. The molecule has 0 aliphatic rings. The van der Waals surface area contributed by atoms with Gasteiger partial charge in [-0.1, -0.05) is 11.8 Å². The van der Waals surface area contributed by atoms with Crippen molar-refractivity contribution in [3.63, 3.8) is 0 Å². The number of nitrogens with zero attached hydrogens (tertiary/aromatic N) is 3. The Morgan fingerprint density at radius 1 is 1.44 bits per heavy atom. The zero-order chi connectivity index (χ0) is 11.5. The fourth-order valence-electron chi connectivity index (χ4n) is 1.42. The number of nitrogens with one attached hydrogen (secondary N) is 1. The van der Waals surface area contributed by atoms with E-state index in [1.807, 2.05) is 19.9 Å². The first-order chi connectivity index (χ1) is 7.70. The second-order valence-electron chi connectivity index (χ2n) is 3.33. The Hall–Kier alpha value is -1.80. The molecule has 0 bridgehead atoms. The van der Waals surface area contributed by atoms with E-state index in [0.29, 0.717) is 5.56 Å². The molecule has 0 radical (unpaired) electrons. The highest BCUT2D eigenvalue weighted by molar-refractivity contribution is 7.99. The summed E-state index contributed by atoms with van der Waals surface area (Å²) in [6, 6.07) is 4.08. The number of aromatic nitrogens is 3. The zero-order valence-electron chi connectivity index (χ0n) is 8.98. The molecule has 2 rings (SSSR count). The lowest BCUT2D eigenvalue weighted by Gasteiger charge is -2.05. The molecule has 1 N–H and O–H groups in total. The maximum absolute atomic E-state index is 9.08. The van der Waals surface area contributed by atoms with Gasteiger partial charge in [0.15, 0.2) is 5.16 Å². The summed E-state index contributed by atoms with van der Waals surface area (Å²) >= 11 is 1.44. The fourth-order valence-corrected chi connectivity index (χ4v) is 2.39. The van der Waals surface area contributed by atoms with Crippen LogP contribution in [-0.2, 0) is 0 Å². The SMILES string of the molecule is Cc1cc(Sc2ncc[nH]2)c(C#N)c(C)n1. The molecular formula is C11H10N4S. The zero-order valence-corrected chi connectivity index (χ0v) is 9.80. The average molecular weight is 230 g/mol. The molecule has 0 fully saturated rings. The van der Waals surface area contributed by atoms with Crippen molar-refractivity contribution in [3.8, 4) is 6.07 Å². The van der Waals surface area contributed by atoms with Crippen LogP contribution in [0.2, 0.25) is 0 Å². The van der Waals surface area contributed by atoms with Crippen LogP contribution in [0.5, 0.6) is 0 Å². The monoisotopic (exact) mass is 230 g/mol. The van der Waals surface area contributed by atoms with Gasteiger partial charge in [0.25, 0.3) is 0 Å². The van der Waals surface area contributed by atoms with Gasteiger partial charge in [-0.2, -0.15) is 5.26 Å². The number of aryl methyl sites for hydroxylation is 2. The smallest absolute Gasteiger partial charge is 0.170 e. The van der Waals surface area contributed by atoms with Crippen molar-refractivity contribution in [1.29, 1.82) is 5.26 Å². The van der Waals surface area contributed by atoms with Crippen molar-refractivity contribution in [1.82, 2.24) is 15.0 Å². The Morgan fingerprint density at radius 2 is 2.25 bits per heavy atom. The molecule has 0 aliphatic heterocycles. The van der Waals surface area contributed by atoms with E-state index in [1.54, 1.807) is 12.4 Å². The van der Waals surface area contributed by atoms with Crippen LogP contribution >= 0.6 is 11.8 Å². The number of H-pyrrole nitrogens is 1. The van der Waals surface area contributed by atoms with Gasteiger partial charge in [-0.05, 0) is 19.9 Å². The number of pyridine rings is 1. The highest BCUT2D eigenvalue weighted by Crippen LogP contribution is 2.29. The third kappa shape index (κ3) is 2.07. The standard InChI is InChI=1S/C11H10N4S/c1-7-5-10(9(6-12)8(2)15-7)16-11-13-3-4-14-11/h3-5H,1-2H3,(H,13,14). The largest absolute Gasteiger partial charge is 0.339 e. The number of hydrogen-bond donors (Lipinski definition) is 1. The van der Waals surface area contributed by atoms with Crippen LogP contribution in [0.3, 0.4) is 0 Å². The Labute approximate surface area is 97.7 Å². The van der Waals surface area contributed by atoms with E-state index >= 15 is 0 Å². The molecule has 0 atom stereocenters. The topological polar surface area (TPSA) is 65.4 Å². The van der Waals surface area contributed by atoms with Crippen LogP contribution in [0, 0.1) is 25.2 Å². The van der Waals surface area contributed by atoms with E-state index < -0.39 is 0 Å². The molecule has 0 spiro atoms. The third-order valence-electron chi connectivity index (χ3n) is 2.08. The van der Waals surface area contributed by atoms with Gasteiger partial charge in [0.05, 0.1) is 11.3 Å². The van der Waals surface area contributed by atoms with Crippen molar-refractivity contribution in [2.45, 2.75) is 23.9 Å². The molecule has 2 aromatic heterocycles. The van der Waals surface area contributed by atoms with Gasteiger partial charge in [-0.3, -0.25) is 4.98 Å². The molecule has 0 amide bonds. The molecule has 16 heavy (non-hydrogen) atoms. The van der Waals surface area contributed by atoms with Crippen LogP contribution in [-0.4, -0.2) is 15.0 Å². The lowest BCUT2D eigenvalue weighted by Crippen LogP contribution is -1.94. The van der Waals surface area contributed by atoms with Gasteiger partial charge in [0.2, 0.25) is 0 Å². The van der Waals surface area contributed by atoms with E-state index in [1.165, 1.54) is 11.8 Å². The lowest BCUT2D eigenvalue weighted by molar-refractivity contribution is 1.04. The van der Waals surface area contributed by atoms with Crippen LogP contribution in [0.25, 0.3) is 0 Å². The highest BCUT2D eigenvalue weighted by atomic mass is 32.2. The second kappa shape index (κ2) is 4.37. The second-order valence-corrected chi connectivity index (χ2v) is 4.36. The Balaban J connectivity index is 2.44. The molecule has 2 aromatic rings. The minimum Gasteiger partial charge on any atom is -0.339 e. The maximum atomic E-state index is 9.08. The summed E-state index contributed by atoms with van der Waals surface area (Å²) in [5.41, 5.74) is 2.29. The summed E-state index contributed by atoms with van der Waals surface area (Å²) in [6.07, 6.45) is 3.45. The van der Waals surface area contributed by atoms with Crippen molar-refractivity contribution in [2.75, 3.05) is 0 Å². The van der Waals surface area contributed by atoms with Crippen LogP contribution < -0.4 is 0 Å². The quantitative estimate of drug-likeness (QED) is 0.860. The van der Waals surface area contributed by atoms with Crippen LogP contribution in [0.1, 0.15) is 17.0 Å². The minimum absolute atomic E-state index is 0.618. The van der Waals surface area contributed by atoms with Crippen molar-refractivity contribution in [3.05, 3.63) is 35.4 Å². The predicted molar refractivity (Wildman–Crippen MR) is 61.1 cm³/mol. The maximum Gasteiger partial charge on any atom is 0.170 e. The van der Waals surface area contributed by atoms with Crippen molar-refractivity contribution in [2.24, 2.45) is 0 Å². The highest BCUT2D eigenvalue weighted by Gasteiger charge is 2.10. The molecule has 4 nitrogen and oxygen atoms in total. The molecule has 80 valence electrons. The molecule has 0 saturated heterocycles. The summed E-state index contributed by atoms with van der Waals surface area (Å²) in [6.45, 7) is 3.76. The first kappa shape index (κ1) is 10.7. The van der Waals surface area contributed by atoms with Gasteiger partial charge in [-0.25, -0.2) is 4.98 Å². The molecular weight excluding hydrogens is 220 g/mol. The summed E-state index contributed by atoms with van der Waals surface area (Å²) in [4.78, 5) is 12.3. The molecule has 0 aliphatic carbocycles. The third-order valence-corrected chi connectivity index (χ3v) is 3.04. The first-order valence-electron chi connectivity index (χ1n) is 4.76. The van der Waals surface area contributed by atoms with E-state index in [2.05, 4.69) is 21.0 Å². The van der Waals surface area contributed by atoms with Gasteiger partial charge in [-0.15, -0.1) is 0 Å². The van der Waals surface area contributed by atoms with Crippen molar-refractivity contribution < 1.29 is 0 Å². The van der Waals surface area contributed by atoms with E-state index in [-0.39, 0.29) is 0 Å². The Bertz CT molecular complexity index is 540. The summed E-state index contributed by atoms with van der Waals surface area (Å²) in [5.74, 6) is 0. The summed E-state index contributed by atoms with van der Waals surface area (Å²) in [5, 5.41) is 9.86. The number of imidazole rings is 1. The van der Waals surface area contributed by atoms with Gasteiger partial charge < -0.3 is 4.98 Å². The molecule has 0 unspecified atom stereocenters. The molecule has 2 heterocycles. The number of rotatable bonds is 2. The van der Waals surface area contributed by atoms with Crippen LogP contribution in [0.15, 0.2) is 28.5 Å². The molecule has 0 aromatic carbocycles. The van der Waals surface area contributed by atoms with Gasteiger partial charge in [0.1, 0.15) is 6.07 Å².